The molecule has 0 saturated carbocycles. The van der Waals surface area contributed by atoms with Gasteiger partial charge in [0, 0.05) is 27.7 Å². The molecule has 0 radical (unpaired) electrons. The van der Waals surface area contributed by atoms with Crippen LogP contribution in [0.15, 0.2) is 60.8 Å². The standard InChI is InChI=1S/C18H17IN2/c1-13(15-6-8-17(19)9-7-15)20-11-14-10-16-4-2-3-5-18(16)21-12-14/h2-10,12-13,20H,11H2,1H3. The van der Waals surface area contributed by atoms with Gasteiger partial charge in [-0.15, -0.1) is 0 Å². The van der Waals surface area contributed by atoms with Gasteiger partial charge in [-0.25, -0.2) is 0 Å². The van der Waals surface area contributed by atoms with Crippen LogP contribution in [-0.4, -0.2) is 4.98 Å². The van der Waals surface area contributed by atoms with Gasteiger partial charge in [-0.2, -0.15) is 0 Å². The van der Waals surface area contributed by atoms with Crippen LogP contribution < -0.4 is 5.32 Å². The number of hydrogen-bond acceptors (Lipinski definition) is 2. The molecule has 0 bridgehead atoms. The van der Waals surface area contributed by atoms with Crippen LogP contribution in [0.5, 0.6) is 0 Å². The molecule has 0 aliphatic heterocycles. The molecule has 0 aliphatic carbocycles. The van der Waals surface area contributed by atoms with Gasteiger partial charge in [0.2, 0.25) is 0 Å². The zero-order valence-electron chi connectivity index (χ0n) is 11.9. The Kier molecular flexibility index (Phi) is 4.51. The lowest BCUT2D eigenvalue weighted by Crippen LogP contribution is -2.18. The van der Waals surface area contributed by atoms with E-state index in [1.807, 2.05) is 18.3 Å². The second-order valence-electron chi connectivity index (χ2n) is 5.19. The van der Waals surface area contributed by atoms with Crippen LogP contribution in [0.3, 0.4) is 0 Å². The molecule has 3 aromatic rings. The summed E-state index contributed by atoms with van der Waals surface area (Å²) in [5.74, 6) is 0. The molecule has 21 heavy (non-hydrogen) atoms. The largest absolute Gasteiger partial charge is 0.306 e. The number of fused-ring (bicyclic) bond motifs is 1. The second-order valence-corrected chi connectivity index (χ2v) is 6.44. The fourth-order valence-electron chi connectivity index (χ4n) is 2.35. The van der Waals surface area contributed by atoms with Gasteiger partial charge < -0.3 is 5.32 Å². The minimum absolute atomic E-state index is 0.327. The average molecular weight is 388 g/mol. The Bertz CT molecular complexity index is 738. The van der Waals surface area contributed by atoms with Gasteiger partial charge in [0.15, 0.2) is 0 Å². The lowest BCUT2D eigenvalue weighted by molar-refractivity contribution is 0.574. The van der Waals surface area contributed by atoms with Crippen LogP contribution in [0.4, 0.5) is 0 Å². The van der Waals surface area contributed by atoms with Crippen molar-refractivity contribution in [3.63, 3.8) is 0 Å². The highest BCUT2D eigenvalue weighted by molar-refractivity contribution is 14.1. The predicted octanol–water partition coefficient (Wildman–Crippen LogP) is 4.69. The van der Waals surface area contributed by atoms with E-state index in [2.05, 4.69) is 82.3 Å². The molecule has 0 aliphatic rings. The van der Waals surface area contributed by atoms with Gasteiger partial charge in [-0.1, -0.05) is 30.3 Å². The van der Waals surface area contributed by atoms with Crippen LogP contribution in [0.25, 0.3) is 10.9 Å². The van der Waals surface area contributed by atoms with E-state index in [-0.39, 0.29) is 0 Å². The van der Waals surface area contributed by atoms with Crippen molar-refractivity contribution in [2.45, 2.75) is 19.5 Å². The lowest BCUT2D eigenvalue weighted by atomic mass is 10.1. The van der Waals surface area contributed by atoms with Crippen molar-refractivity contribution in [1.29, 1.82) is 0 Å². The molecule has 0 amide bonds. The molecule has 1 unspecified atom stereocenters. The molecule has 2 nitrogen and oxygen atoms in total. The maximum absolute atomic E-state index is 4.50. The van der Waals surface area contributed by atoms with Crippen molar-refractivity contribution in [3.8, 4) is 0 Å². The highest BCUT2D eigenvalue weighted by atomic mass is 127. The van der Waals surface area contributed by atoms with Gasteiger partial charge in [0.1, 0.15) is 0 Å². The number of para-hydroxylation sites is 1. The van der Waals surface area contributed by atoms with E-state index in [4.69, 9.17) is 0 Å². The minimum atomic E-state index is 0.327. The van der Waals surface area contributed by atoms with Crippen LogP contribution >= 0.6 is 22.6 Å². The first-order valence-electron chi connectivity index (χ1n) is 7.05. The van der Waals surface area contributed by atoms with Crippen molar-refractivity contribution in [1.82, 2.24) is 10.3 Å². The molecule has 1 heterocycles. The molecule has 2 aromatic carbocycles. The first-order chi connectivity index (χ1) is 10.2. The van der Waals surface area contributed by atoms with E-state index >= 15 is 0 Å². The maximum atomic E-state index is 4.50. The van der Waals surface area contributed by atoms with Crippen LogP contribution in [0, 0.1) is 3.57 Å². The van der Waals surface area contributed by atoms with Crippen molar-refractivity contribution in [2.24, 2.45) is 0 Å². The molecular formula is C18H17IN2. The predicted molar refractivity (Wildman–Crippen MR) is 96.2 cm³/mol. The number of nitrogens with one attached hydrogen (secondary N) is 1. The monoisotopic (exact) mass is 388 g/mol. The zero-order valence-corrected chi connectivity index (χ0v) is 14.0. The summed E-state index contributed by atoms with van der Waals surface area (Å²) < 4.78 is 1.27. The van der Waals surface area contributed by atoms with E-state index < -0.39 is 0 Å². The lowest BCUT2D eigenvalue weighted by Gasteiger charge is -2.14. The van der Waals surface area contributed by atoms with Crippen molar-refractivity contribution in [3.05, 3.63) is 75.5 Å². The molecule has 0 saturated heterocycles. The van der Waals surface area contributed by atoms with Crippen molar-refractivity contribution >= 4 is 33.5 Å². The molecular weight excluding hydrogens is 371 g/mol. The summed E-state index contributed by atoms with van der Waals surface area (Å²) in [6.45, 7) is 3.02. The van der Waals surface area contributed by atoms with E-state index in [0.29, 0.717) is 6.04 Å². The molecule has 1 N–H and O–H groups in total. The molecule has 1 atom stereocenters. The van der Waals surface area contributed by atoms with E-state index in [1.54, 1.807) is 0 Å². The topological polar surface area (TPSA) is 24.9 Å². The summed E-state index contributed by atoms with van der Waals surface area (Å²) in [5.41, 5.74) is 3.57. The molecule has 106 valence electrons. The van der Waals surface area contributed by atoms with Crippen molar-refractivity contribution < 1.29 is 0 Å². The highest BCUT2D eigenvalue weighted by Crippen LogP contribution is 2.16. The fourth-order valence-corrected chi connectivity index (χ4v) is 2.71. The third-order valence-corrected chi connectivity index (χ3v) is 4.35. The minimum Gasteiger partial charge on any atom is -0.306 e. The van der Waals surface area contributed by atoms with Gasteiger partial charge >= 0.3 is 0 Å². The van der Waals surface area contributed by atoms with E-state index in [9.17, 15) is 0 Å². The Balaban J connectivity index is 1.69. The molecule has 3 heteroatoms. The summed E-state index contributed by atoms with van der Waals surface area (Å²) in [4.78, 5) is 4.50. The third-order valence-electron chi connectivity index (χ3n) is 3.63. The summed E-state index contributed by atoms with van der Waals surface area (Å²) in [7, 11) is 0. The summed E-state index contributed by atoms with van der Waals surface area (Å²) >= 11 is 2.33. The number of rotatable bonds is 4. The normalized spacial score (nSPS) is 12.5. The van der Waals surface area contributed by atoms with E-state index in [1.165, 1.54) is 20.1 Å². The second kappa shape index (κ2) is 6.54. The third kappa shape index (κ3) is 3.60. The SMILES string of the molecule is CC(NCc1cnc2ccccc2c1)c1ccc(I)cc1. The van der Waals surface area contributed by atoms with Gasteiger partial charge in [0.25, 0.3) is 0 Å². The smallest absolute Gasteiger partial charge is 0.0702 e. The van der Waals surface area contributed by atoms with Gasteiger partial charge in [-0.3, -0.25) is 4.98 Å². The Morgan fingerprint density at radius 2 is 1.86 bits per heavy atom. The summed E-state index contributed by atoms with van der Waals surface area (Å²) in [6.07, 6.45) is 1.95. The van der Waals surface area contributed by atoms with Crippen LogP contribution in [0.1, 0.15) is 24.1 Å². The Hall–Kier alpha value is -1.46. The first-order valence-corrected chi connectivity index (χ1v) is 8.13. The number of nitrogens with zero attached hydrogens (tertiary/aromatic N) is 1. The number of hydrogen-bond donors (Lipinski definition) is 1. The van der Waals surface area contributed by atoms with Crippen molar-refractivity contribution in [2.75, 3.05) is 0 Å². The first kappa shape index (κ1) is 14.5. The Morgan fingerprint density at radius 1 is 1.10 bits per heavy atom. The molecule has 0 spiro atoms. The zero-order chi connectivity index (χ0) is 14.7. The fraction of sp³-hybridized carbons (Fsp3) is 0.167. The van der Waals surface area contributed by atoms with Gasteiger partial charge in [0.05, 0.1) is 5.52 Å². The quantitative estimate of drug-likeness (QED) is 0.656. The van der Waals surface area contributed by atoms with Crippen LogP contribution in [0.2, 0.25) is 0 Å². The number of halogens is 1. The van der Waals surface area contributed by atoms with E-state index in [0.717, 1.165) is 12.1 Å². The van der Waals surface area contributed by atoms with Crippen LogP contribution in [-0.2, 0) is 6.54 Å². The Labute approximate surface area is 138 Å². The molecule has 0 fully saturated rings. The molecule has 3 rings (SSSR count). The number of aromatic nitrogens is 1. The Morgan fingerprint density at radius 3 is 2.67 bits per heavy atom. The summed E-state index contributed by atoms with van der Waals surface area (Å²) in [6, 6.07) is 19.4. The molecule has 1 aromatic heterocycles. The highest BCUT2D eigenvalue weighted by Gasteiger charge is 2.05. The number of pyridine rings is 1. The summed E-state index contributed by atoms with van der Waals surface area (Å²) in [5, 5.41) is 4.75. The number of benzene rings is 2. The average Bonchev–Trinajstić information content (AvgIpc) is 2.53. The van der Waals surface area contributed by atoms with Gasteiger partial charge in [-0.05, 0) is 64.9 Å². The maximum Gasteiger partial charge on any atom is 0.0702 e.